The Morgan fingerprint density at radius 1 is 1.63 bits per heavy atom. The van der Waals surface area contributed by atoms with Gasteiger partial charge in [-0.3, -0.25) is 9.59 Å². The van der Waals surface area contributed by atoms with Crippen LogP contribution in [-0.4, -0.2) is 34.6 Å². The second-order valence-corrected chi connectivity index (χ2v) is 3.89. The molecule has 1 rings (SSSR count). The monoisotopic (exact) mass is 287 g/mol. The van der Waals surface area contributed by atoms with E-state index in [2.05, 4.69) is 10.3 Å². The summed E-state index contributed by atoms with van der Waals surface area (Å²) in [5.41, 5.74) is 5.29. The van der Waals surface area contributed by atoms with Gasteiger partial charge in [-0.2, -0.15) is 0 Å². The first-order valence-electron chi connectivity index (χ1n) is 5.16. The topological polar surface area (TPSA) is 105 Å². The SMILES string of the molecule is NC(CNC(=O)/C=C/c1ccnc(Cl)c1F)C(=O)O. The Balaban J connectivity index is 2.59. The van der Waals surface area contributed by atoms with Crippen molar-refractivity contribution in [2.45, 2.75) is 6.04 Å². The molecule has 1 aromatic rings. The van der Waals surface area contributed by atoms with E-state index >= 15 is 0 Å². The minimum Gasteiger partial charge on any atom is -0.480 e. The van der Waals surface area contributed by atoms with Crippen LogP contribution in [0, 0.1) is 5.82 Å². The Morgan fingerprint density at radius 2 is 2.32 bits per heavy atom. The van der Waals surface area contributed by atoms with Crippen LogP contribution in [0.4, 0.5) is 4.39 Å². The molecule has 0 radical (unpaired) electrons. The maximum absolute atomic E-state index is 13.4. The largest absolute Gasteiger partial charge is 0.480 e. The van der Waals surface area contributed by atoms with Gasteiger partial charge in [0.15, 0.2) is 11.0 Å². The van der Waals surface area contributed by atoms with Gasteiger partial charge >= 0.3 is 5.97 Å². The van der Waals surface area contributed by atoms with Gasteiger partial charge in [0, 0.05) is 24.4 Å². The highest BCUT2D eigenvalue weighted by Crippen LogP contribution is 2.15. The molecule has 0 aliphatic rings. The minimum absolute atomic E-state index is 0.0951. The summed E-state index contributed by atoms with van der Waals surface area (Å²) in [6.07, 6.45) is 3.54. The molecule has 102 valence electrons. The first-order chi connectivity index (χ1) is 8.91. The van der Waals surface area contributed by atoms with Crippen LogP contribution >= 0.6 is 11.6 Å². The third-order valence-electron chi connectivity index (χ3n) is 2.10. The Bertz CT molecular complexity index is 522. The number of carbonyl (C=O) groups is 2. The predicted octanol–water partition coefficient (Wildman–Crippen LogP) is 0.415. The minimum atomic E-state index is -1.23. The van der Waals surface area contributed by atoms with Crippen molar-refractivity contribution in [3.8, 4) is 0 Å². The maximum atomic E-state index is 13.4. The second-order valence-electron chi connectivity index (χ2n) is 3.53. The number of nitrogens with one attached hydrogen (secondary N) is 1. The van der Waals surface area contributed by atoms with Crippen molar-refractivity contribution >= 4 is 29.6 Å². The van der Waals surface area contributed by atoms with E-state index in [1.807, 2.05) is 0 Å². The quantitative estimate of drug-likeness (QED) is 0.537. The molecule has 0 aliphatic carbocycles. The summed E-state index contributed by atoms with van der Waals surface area (Å²) in [5.74, 6) is -2.56. The zero-order valence-corrected chi connectivity index (χ0v) is 10.4. The fraction of sp³-hybridized carbons (Fsp3) is 0.182. The maximum Gasteiger partial charge on any atom is 0.322 e. The van der Waals surface area contributed by atoms with Crippen LogP contribution in [0.3, 0.4) is 0 Å². The van der Waals surface area contributed by atoms with Gasteiger partial charge in [-0.1, -0.05) is 11.6 Å². The van der Waals surface area contributed by atoms with Crippen molar-refractivity contribution < 1.29 is 19.1 Å². The molecular formula is C11H11ClFN3O3. The number of carboxylic acid groups (broad SMARTS) is 1. The molecule has 0 fully saturated rings. The van der Waals surface area contributed by atoms with Gasteiger partial charge in [-0.05, 0) is 12.1 Å². The fourth-order valence-electron chi connectivity index (χ4n) is 1.08. The first kappa shape index (κ1) is 15.1. The van der Waals surface area contributed by atoms with E-state index < -0.39 is 23.7 Å². The number of nitrogens with zero attached hydrogens (tertiary/aromatic N) is 1. The first-order valence-corrected chi connectivity index (χ1v) is 5.54. The summed E-state index contributed by atoms with van der Waals surface area (Å²) in [5, 5.41) is 10.5. The summed E-state index contributed by atoms with van der Waals surface area (Å²) in [4.78, 5) is 25.2. The van der Waals surface area contributed by atoms with Crippen molar-refractivity contribution in [3.63, 3.8) is 0 Å². The zero-order chi connectivity index (χ0) is 14.4. The number of amides is 1. The lowest BCUT2D eigenvalue weighted by Crippen LogP contribution is -2.41. The van der Waals surface area contributed by atoms with E-state index in [1.165, 1.54) is 18.3 Å². The summed E-state index contributed by atoms with van der Waals surface area (Å²) >= 11 is 5.46. The lowest BCUT2D eigenvalue weighted by Gasteiger charge is -2.06. The molecule has 1 unspecified atom stereocenters. The van der Waals surface area contributed by atoms with E-state index in [0.717, 1.165) is 6.08 Å². The summed E-state index contributed by atoms with van der Waals surface area (Å²) in [6.45, 7) is -0.224. The Labute approximate surface area is 113 Å². The fourth-order valence-corrected chi connectivity index (χ4v) is 1.25. The highest BCUT2D eigenvalue weighted by atomic mass is 35.5. The van der Waals surface area contributed by atoms with Crippen molar-refractivity contribution in [3.05, 3.63) is 34.9 Å². The van der Waals surface area contributed by atoms with Crippen LogP contribution in [0.25, 0.3) is 6.08 Å². The number of rotatable bonds is 5. The number of aliphatic carboxylic acids is 1. The van der Waals surface area contributed by atoms with E-state index in [0.29, 0.717) is 0 Å². The molecule has 0 aromatic carbocycles. The molecule has 1 heterocycles. The van der Waals surface area contributed by atoms with Crippen LogP contribution in [0.15, 0.2) is 18.3 Å². The van der Waals surface area contributed by atoms with Crippen LogP contribution in [0.2, 0.25) is 5.15 Å². The average molecular weight is 288 g/mol. The molecule has 0 saturated carbocycles. The molecule has 1 atom stereocenters. The number of nitrogens with two attached hydrogens (primary N) is 1. The molecule has 0 aliphatic heterocycles. The number of halogens is 2. The Hall–Kier alpha value is -1.99. The smallest absolute Gasteiger partial charge is 0.322 e. The van der Waals surface area contributed by atoms with Gasteiger partial charge in [-0.25, -0.2) is 9.37 Å². The van der Waals surface area contributed by atoms with E-state index in [1.54, 1.807) is 0 Å². The molecule has 0 spiro atoms. The van der Waals surface area contributed by atoms with Gasteiger partial charge in [-0.15, -0.1) is 0 Å². The van der Waals surface area contributed by atoms with Gasteiger partial charge in [0.25, 0.3) is 0 Å². The summed E-state index contributed by atoms with van der Waals surface area (Å²) < 4.78 is 13.4. The predicted molar refractivity (Wildman–Crippen MR) is 66.9 cm³/mol. The lowest BCUT2D eigenvalue weighted by molar-refractivity contribution is -0.138. The third-order valence-corrected chi connectivity index (χ3v) is 2.37. The normalized spacial score (nSPS) is 12.4. The Kier molecular flexibility index (Phi) is 5.40. The second kappa shape index (κ2) is 6.81. The van der Waals surface area contributed by atoms with Gasteiger partial charge in [0.05, 0.1) is 0 Å². The molecule has 19 heavy (non-hydrogen) atoms. The average Bonchev–Trinajstić information content (AvgIpc) is 2.37. The van der Waals surface area contributed by atoms with Crippen LogP contribution < -0.4 is 11.1 Å². The van der Waals surface area contributed by atoms with Crippen LogP contribution in [0.1, 0.15) is 5.56 Å². The number of aromatic nitrogens is 1. The summed E-state index contributed by atoms with van der Waals surface area (Å²) in [7, 11) is 0. The number of hydrogen-bond acceptors (Lipinski definition) is 4. The molecule has 0 bridgehead atoms. The lowest BCUT2D eigenvalue weighted by atomic mass is 10.2. The van der Waals surface area contributed by atoms with Gasteiger partial charge in [0.1, 0.15) is 6.04 Å². The van der Waals surface area contributed by atoms with Crippen LogP contribution in [0.5, 0.6) is 0 Å². The number of hydrogen-bond donors (Lipinski definition) is 3. The van der Waals surface area contributed by atoms with Crippen molar-refractivity contribution in [1.82, 2.24) is 10.3 Å². The number of carboxylic acids is 1. The number of carbonyl (C=O) groups excluding carboxylic acids is 1. The number of pyridine rings is 1. The molecule has 1 aromatic heterocycles. The molecule has 4 N–H and O–H groups in total. The van der Waals surface area contributed by atoms with E-state index in [4.69, 9.17) is 22.4 Å². The standard InChI is InChI=1S/C11H11ClFN3O3/c12-10-9(13)6(3-4-15-10)1-2-8(17)16-5-7(14)11(18)19/h1-4,7H,5,14H2,(H,16,17)(H,18,19)/b2-1+. The highest BCUT2D eigenvalue weighted by Gasteiger charge is 2.11. The van der Waals surface area contributed by atoms with E-state index in [9.17, 15) is 14.0 Å². The zero-order valence-electron chi connectivity index (χ0n) is 9.64. The highest BCUT2D eigenvalue weighted by molar-refractivity contribution is 6.29. The van der Waals surface area contributed by atoms with Crippen molar-refractivity contribution in [2.75, 3.05) is 6.54 Å². The molecule has 8 heteroatoms. The van der Waals surface area contributed by atoms with Crippen molar-refractivity contribution in [2.24, 2.45) is 5.73 Å². The van der Waals surface area contributed by atoms with Crippen LogP contribution in [-0.2, 0) is 9.59 Å². The van der Waals surface area contributed by atoms with Gasteiger partial charge in [0.2, 0.25) is 5.91 Å². The Morgan fingerprint density at radius 3 is 2.95 bits per heavy atom. The van der Waals surface area contributed by atoms with E-state index in [-0.39, 0.29) is 17.3 Å². The molecule has 1 amide bonds. The third kappa shape index (κ3) is 4.65. The molecule has 0 saturated heterocycles. The molecular weight excluding hydrogens is 277 g/mol. The molecule has 6 nitrogen and oxygen atoms in total. The van der Waals surface area contributed by atoms with Crippen molar-refractivity contribution in [1.29, 1.82) is 0 Å². The summed E-state index contributed by atoms with van der Waals surface area (Å²) in [6, 6.07) is 0.151. The van der Waals surface area contributed by atoms with Gasteiger partial charge < -0.3 is 16.2 Å².